The summed E-state index contributed by atoms with van der Waals surface area (Å²) in [5.74, 6) is 0. The van der Waals surface area contributed by atoms with E-state index in [1.54, 1.807) is 34.1 Å². The minimum absolute atomic E-state index is 0.0931. The highest BCUT2D eigenvalue weighted by atomic mass is 16.2. The van der Waals surface area contributed by atoms with Gasteiger partial charge >= 0.3 is 12.1 Å². The van der Waals surface area contributed by atoms with Gasteiger partial charge in [0.1, 0.15) is 0 Å². The second-order valence-electron chi connectivity index (χ2n) is 4.42. The first-order chi connectivity index (χ1) is 8.72. The summed E-state index contributed by atoms with van der Waals surface area (Å²) in [6, 6.07) is 6.97. The third kappa shape index (κ3) is 2.53. The molecule has 1 aromatic carbocycles. The standard InChI is InChI=1S/C12H14N4O2/c17-11(15-4-5-15)13-9-2-1-3-10(8-9)14-12(18)16-6-7-16/h1-3,8H,4-7H2,(H,13,17)(H,14,18). The molecule has 2 aliphatic heterocycles. The van der Waals surface area contributed by atoms with Crippen molar-refractivity contribution in [1.29, 1.82) is 0 Å². The van der Waals surface area contributed by atoms with Crippen LogP contribution in [-0.2, 0) is 0 Å². The quantitative estimate of drug-likeness (QED) is 0.774. The molecule has 0 unspecified atom stereocenters. The Labute approximate surface area is 105 Å². The predicted octanol–water partition coefficient (Wildman–Crippen LogP) is 1.38. The molecule has 0 bridgehead atoms. The van der Waals surface area contributed by atoms with Crippen molar-refractivity contribution in [3.8, 4) is 0 Å². The number of rotatable bonds is 2. The van der Waals surface area contributed by atoms with E-state index in [9.17, 15) is 9.59 Å². The lowest BCUT2D eigenvalue weighted by Crippen LogP contribution is -2.20. The summed E-state index contributed by atoms with van der Waals surface area (Å²) < 4.78 is 0. The molecule has 0 radical (unpaired) electrons. The average molecular weight is 246 g/mol. The Bertz CT molecular complexity index is 453. The van der Waals surface area contributed by atoms with Crippen LogP contribution in [0.2, 0.25) is 0 Å². The van der Waals surface area contributed by atoms with Gasteiger partial charge in [-0.15, -0.1) is 0 Å². The first kappa shape index (κ1) is 10.9. The van der Waals surface area contributed by atoms with E-state index in [0.717, 1.165) is 26.2 Å². The summed E-state index contributed by atoms with van der Waals surface area (Å²) in [6.45, 7) is 3.27. The number of anilines is 2. The van der Waals surface area contributed by atoms with Crippen LogP contribution in [-0.4, -0.2) is 48.0 Å². The van der Waals surface area contributed by atoms with Crippen molar-refractivity contribution in [2.75, 3.05) is 36.8 Å². The van der Waals surface area contributed by atoms with Gasteiger partial charge in [0.25, 0.3) is 0 Å². The van der Waals surface area contributed by atoms with Gasteiger partial charge in [0.15, 0.2) is 0 Å². The van der Waals surface area contributed by atoms with E-state index < -0.39 is 0 Å². The molecule has 2 heterocycles. The number of hydrogen-bond donors (Lipinski definition) is 2. The van der Waals surface area contributed by atoms with Crippen molar-refractivity contribution in [3.63, 3.8) is 0 Å². The Morgan fingerprint density at radius 1 is 0.889 bits per heavy atom. The molecule has 6 nitrogen and oxygen atoms in total. The van der Waals surface area contributed by atoms with Crippen LogP contribution < -0.4 is 10.6 Å². The second kappa shape index (κ2) is 4.21. The van der Waals surface area contributed by atoms with Crippen LogP contribution in [0.15, 0.2) is 24.3 Å². The molecule has 0 aliphatic carbocycles. The van der Waals surface area contributed by atoms with Gasteiger partial charge in [-0.3, -0.25) is 0 Å². The van der Waals surface area contributed by atoms with Crippen LogP contribution in [0.4, 0.5) is 21.0 Å². The summed E-state index contributed by atoms with van der Waals surface area (Å²) in [4.78, 5) is 26.5. The molecule has 3 rings (SSSR count). The van der Waals surface area contributed by atoms with Gasteiger partial charge in [0, 0.05) is 37.6 Å². The fourth-order valence-electron chi connectivity index (χ4n) is 1.59. The molecule has 18 heavy (non-hydrogen) atoms. The number of carbonyl (C=O) groups excluding carboxylic acids is 2. The third-order valence-electron chi connectivity index (χ3n) is 2.83. The zero-order valence-electron chi connectivity index (χ0n) is 9.85. The van der Waals surface area contributed by atoms with Crippen molar-refractivity contribution in [2.24, 2.45) is 0 Å². The summed E-state index contributed by atoms with van der Waals surface area (Å²) in [5, 5.41) is 5.57. The third-order valence-corrected chi connectivity index (χ3v) is 2.83. The molecule has 6 heteroatoms. The van der Waals surface area contributed by atoms with E-state index >= 15 is 0 Å². The van der Waals surface area contributed by atoms with E-state index in [4.69, 9.17) is 0 Å². The lowest BCUT2D eigenvalue weighted by atomic mass is 10.3. The van der Waals surface area contributed by atoms with Crippen LogP contribution in [0.5, 0.6) is 0 Å². The highest BCUT2D eigenvalue weighted by Gasteiger charge is 2.25. The molecule has 0 aromatic heterocycles. The topological polar surface area (TPSA) is 64.2 Å². The molecule has 4 amide bonds. The highest BCUT2D eigenvalue weighted by molar-refractivity contribution is 5.94. The number of nitrogens with one attached hydrogen (secondary N) is 2. The van der Waals surface area contributed by atoms with Gasteiger partial charge < -0.3 is 20.4 Å². The van der Waals surface area contributed by atoms with Gasteiger partial charge in [0.2, 0.25) is 0 Å². The molecular formula is C12H14N4O2. The molecule has 1 aromatic rings. The molecule has 2 saturated heterocycles. The van der Waals surface area contributed by atoms with Gasteiger partial charge in [-0.25, -0.2) is 9.59 Å². The maximum Gasteiger partial charge on any atom is 0.321 e. The number of benzene rings is 1. The number of hydrogen-bond acceptors (Lipinski definition) is 2. The van der Waals surface area contributed by atoms with Gasteiger partial charge in [-0.05, 0) is 18.2 Å². The van der Waals surface area contributed by atoms with Gasteiger partial charge in [0.05, 0.1) is 0 Å². The summed E-state index contributed by atoms with van der Waals surface area (Å²) in [7, 11) is 0. The highest BCUT2D eigenvalue weighted by Crippen LogP contribution is 2.18. The second-order valence-corrected chi connectivity index (χ2v) is 4.42. The van der Waals surface area contributed by atoms with Crippen molar-refractivity contribution in [3.05, 3.63) is 24.3 Å². The molecule has 2 N–H and O–H groups in total. The van der Waals surface area contributed by atoms with E-state index in [-0.39, 0.29) is 12.1 Å². The molecule has 2 fully saturated rings. The normalized spacial score (nSPS) is 16.2. The fraction of sp³-hybridized carbons (Fsp3) is 0.333. The predicted molar refractivity (Wildman–Crippen MR) is 67.6 cm³/mol. The van der Waals surface area contributed by atoms with Crippen LogP contribution in [0.3, 0.4) is 0 Å². The number of carbonyl (C=O) groups is 2. The Morgan fingerprint density at radius 2 is 1.33 bits per heavy atom. The minimum atomic E-state index is -0.0931. The van der Waals surface area contributed by atoms with E-state index in [1.807, 2.05) is 0 Å². The number of urea groups is 2. The van der Waals surface area contributed by atoms with Crippen molar-refractivity contribution < 1.29 is 9.59 Å². The van der Waals surface area contributed by atoms with Crippen LogP contribution in [0, 0.1) is 0 Å². The Kier molecular flexibility index (Phi) is 2.55. The summed E-state index contributed by atoms with van der Waals surface area (Å²) in [5.41, 5.74) is 1.38. The minimum Gasteiger partial charge on any atom is -0.321 e. The monoisotopic (exact) mass is 246 g/mol. The number of nitrogens with zero attached hydrogens (tertiary/aromatic N) is 2. The first-order valence-corrected chi connectivity index (χ1v) is 5.94. The Hall–Kier alpha value is -2.24. The van der Waals surface area contributed by atoms with Gasteiger partial charge in [-0.2, -0.15) is 0 Å². The molecule has 0 atom stereocenters. The van der Waals surface area contributed by atoms with Crippen molar-refractivity contribution in [1.82, 2.24) is 9.80 Å². The van der Waals surface area contributed by atoms with Crippen LogP contribution in [0.25, 0.3) is 0 Å². The summed E-state index contributed by atoms with van der Waals surface area (Å²) in [6.07, 6.45) is 0. The maximum absolute atomic E-state index is 11.5. The largest absolute Gasteiger partial charge is 0.321 e. The van der Waals surface area contributed by atoms with Crippen molar-refractivity contribution in [2.45, 2.75) is 0 Å². The lowest BCUT2D eigenvalue weighted by molar-refractivity contribution is 0.241. The lowest BCUT2D eigenvalue weighted by Gasteiger charge is -2.09. The number of amides is 4. The molecule has 94 valence electrons. The van der Waals surface area contributed by atoms with Gasteiger partial charge in [-0.1, -0.05) is 6.07 Å². The first-order valence-electron chi connectivity index (χ1n) is 5.94. The van der Waals surface area contributed by atoms with E-state index in [1.165, 1.54) is 0 Å². The zero-order valence-corrected chi connectivity index (χ0v) is 9.85. The fourth-order valence-corrected chi connectivity index (χ4v) is 1.59. The Morgan fingerprint density at radius 3 is 1.72 bits per heavy atom. The maximum atomic E-state index is 11.5. The SMILES string of the molecule is O=C(Nc1cccc(NC(=O)N2CC2)c1)N1CC1. The van der Waals surface area contributed by atoms with Crippen molar-refractivity contribution >= 4 is 23.4 Å². The van der Waals surface area contributed by atoms with E-state index in [0.29, 0.717) is 11.4 Å². The summed E-state index contributed by atoms with van der Waals surface area (Å²) >= 11 is 0. The van der Waals surface area contributed by atoms with Crippen LogP contribution in [0.1, 0.15) is 0 Å². The Balaban J connectivity index is 1.63. The smallest absolute Gasteiger partial charge is 0.321 e. The zero-order chi connectivity index (χ0) is 12.5. The molecular weight excluding hydrogens is 232 g/mol. The molecule has 2 aliphatic rings. The van der Waals surface area contributed by atoms with E-state index in [2.05, 4.69) is 10.6 Å². The average Bonchev–Trinajstić information content (AvgIpc) is 3.19. The molecule has 0 spiro atoms. The molecule has 0 saturated carbocycles. The van der Waals surface area contributed by atoms with Crippen LogP contribution >= 0.6 is 0 Å².